The van der Waals surface area contributed by atoms with Gasteiger partial charge >= 0.3 is 0 Å². The third kappa shape index (κ3) is 4.62. The van der Waals surface area contributed by atoms with Crippen molar-refractivity contribution in [3.05, 3.63) is 0 Å². The van der Waals surface area contributed by atoms with Crippen LogP contribution in [-0.4, -0.2) is 31.7 Å². The zero-order chi connectivity index (χ0) is 11.1. The molecule has 0 radical (unpaired) electrons. The third-order valence-corrected chi connectivity index (χ3v) is 2.97. The molecule has 1 atom stereocenters. The highest BCUT2D eigenvalue weighted by molar-refractivity contribution is 5.76. The summed E-state index contributed by atoms with van der Waals surface area (Å²) < 4.78 is 5.23. The Kier molecular flexibility index (Phi) is 5.65. The molecule has 1 fully saturated rings. The van der Waals surface area contributed by atoms with Gasteiger partial charge < -0.3 is 15.8 Å². The lowest BCUT2D eigenvalue weighted by molar-refractivity contribution is -0.123. The predicted octanol–water partition coefficient (Wildman–Crippen LogP) is 0.657. The van der Waals surface area contributed by atoms with Gasteiger partial charge in [-0.15, -0.1) is 0 Å². The molecule has 88 valence electrons. The van der Waals surface area contributed by atoms with Crippen molar-refractivity contribution in [1.29, 1.82) is 0 Å². The molecule has 3 N–H and O–H groups in total. The van der Waals surface area contributed by atoms with Gasteiger partial charge in [0.2, 0.25) is 5.91 Å². The summed E-state index contributed by atoms with van der Waals surface area (Å²) in [4.78, 5) is 11.6. The number of rotatable bonds is 5. The first kappa shape index (κ1) is 12.5. The molecule has 4 nitrogen and oxygen atoms in total. The molecule has 0 bridgehead atoms. The Bertz CT molecular complexity index is 187. The second-order valence-electron chi connectivity index (χ2n) is 4.17. The van der Waals surface area contributed by atoms with E-state index in [2.05, 4.69) is 12.2 Å². The van der Waals surface area contributed by atoms with Crippen LogP contribution in [0.25, 0.3) is 0 Å². The highest BCUT2D eigenvalue weighted by Gasteiger charge is 2.17. The molecular weight excluding hydrogens is 192 g/mol. The van der Waals surface area contributed by atoms with E-state index >= 15 is 0 Å². The molecule has 0 aromatic heterocycles. The van der Waals surface area contributed by atoms with Gasteiger partial charge in [0, 0.05) is 25.7 Å². The van der Waals surface area contributed by atoms with Gasteiger partial charge in [0.15, 0.2) is 0 Å². The molecule has 0 aliphatic carbocycles. The van der Waals surface area contributed by atoms with E-state index in [0.717, 1.165) is 32.5 Å². The number of carbonyl (C=O) groups is 1. The van der Waals surface area contributed by atoms with Gasteiger partial charge in [-0.1, -0.05) is 13.3 Å². The number of hydrogen-bond donors (Lipinski definition) is 2. The minimum Gasteiger partial charge on any atom is -0.381 e. The Labute approximate surface area is 91.5 Å². The molecule has 0 saturated carbocycles. The van der Waals surface area contributed by atoms with Crippen LogP contribution >= 0.6 is 0 Å². The number of nitrogens with two attached hydrogens (primary N) is 1. The van der Waals surface area contributed by atoms with Crippen LogP contribution in [0.15, 0.2) is 0 Å². The van der Waals surface area contributed by atoms with E-state index in [0.29, 0.717) is 24.9 Å². The second kappa shape index (κ2) is 6.80. The van der Waals surface area contributed by atoms with Gasteiger partial charge in [-0.3, -0.25) is 4.79 Å². The van der Waals surface area contributed by atoms with Crippen LogP contribution in [0.5, 0.6) is 0 Å². The minimum absolute atomic E-state index is 0.138. The summed E-state index contributed by atoms with van der Waals surface area (Å²) in [6.07, 6.45) is 3.40. The van der Waals surface area contributed by atoms with Crippen LogP contribution in [0.2, 0.25) is 0 Å². The van der Waals surface area contributed by atoms with E-state index in [1.807, 2.05) is 0 Å². The summed E-state index contributed by atoms with van der Waals surface area (Å²) in [7, 11) is 0. The Morgan fingerprint density at radius 3 is 2.73 bits per heavy atom. The Morgan fingerprint density at radius 2 is 2.20 bits per heavy atom. The smallest absolute Gasteiger partial charge is 0.220 e. The maximum atomic E-state index is 11.6. The molecule has 0 aromatic rings. The average molecular weight is 214 g/mol. The van der Waals surface area contributed by atoms with Crippen molar-refractivity contribution in [3.63, 3.8) is 0 Å². The van der Waals surface area contributed by atoms with E-state index in [1.54, 1.807) is 0 Å². The van der Waals surface area contributed by atoms with Gasteiger partial charge in [0.05, 0.1) is 0 Å². The second-order valence-corrected chi connectivity index (χ2v) is 4.17. The molecule has 1 aliphatic heterocycles. The molecule has 0 aromatic carbocycles. The van der Waals surface area contributed by atoms with Crippen molar-refractivity contribution >= 4 is 5.91 Å². The molecule has 1 heterocycles. The molecule has 1 amide bonds. The van der Waals surface area contributed by atoms with Crippen LogP contribution in [0.3, 0.4) is 0 Å². The van der Waals surface area contributed by atoms with Crippen LogP contribution in [0.1, 0.15) is 32.6 Å². The summed E-state index contributed by atoms with van der Waals surface area (Å²) in [6.45, 7) is 4.19. The molecule has 15 heavy (non-hydrogen) atoms. The van der Waals surface area contributed by atoms with Crippen molar-refractivity contribution in [3.8, 4) is 0 Å². The molecule has 0 spiro atoms. The van der Waals surface area contributed by atoms with Crippen molar-refractivity contribution < 1.29 is 9.53 Å². The van der Waals surface area contributed by atoms with Gasteiger partial charge in [0.1, 0.15) is 0 Å². The number of ether oxygens (including phenoxy) is 1. The predicted molar refractivity (Wildman–Crippen MR) is 59.4 cm³/mol. The van der Waals surface area contributed by atoms with E-state index in [4.69, 9.17) is 10.5 Å². The molecule has 4 heteroatoms. The highest BCUT2D eigenvalue weighted by Crippen LogP contribution is 2.09. The lowest BCUT2D eigenvalue weighted by Crippen LogP contribution is -2.40. The van der Waals surface area contributed by atoms with Crippen molar-refractivity contribution in [2.24, 2.45) is 11.7 Å². The van der Waals surface area contributed by atoms with E-state index in [-0.39, 0.29) is 5.91 Å². The number of hydrogen-bond acceptors (Lipinski definition) is 3. The molecular formula is C11H22N2O2. The fraction of sp³-hybridized carbons (Fsp3) is 0.909. The van der Waals surface area contributed by atoms with Crippen LogP contribution in [0, 0.1) is 5.92 Å². The lowest BCUT2D eigenvalue weighted by Gasteiger charge is -2.24. The maximum absolute atomic E-state index is 11.6. The van der Waals surface area contributed by atoms with Gasteiger partial charge in [0.25, 0.3) is 0 Å². The van der Waals surface area contributed by atoms with E-state index in [1.165, 1.54) is 0 Å². The Morgan fingerprint density at radius 1 is 1.53 bits per heavy atom. The first-order chi connectivity index (χ1) is 7.26. The zero-order valence-electron chi connectivity index (χ0n) is 9.50. The van der Waals surface area contributed by atoms with Crippen LogP contribution in [0.4, 0.5) is 0 Å². The summed E-state index contributed by atoms with van der Waals surface area (Å²) in [6, 6.07) is 0.307. The molecule has 1 rings (SSSR count). The largest absolute Gasteiger partial charge is 0.381 e. The molecule has 1 saturated heterocycles. The third-order valence-electron chi connectivity index (χ3n) is 2.97. The Hall–Kier alpha value is -0.610. The fourth-order valence-electron chi connectivity index (χ4n) is 1.79. The van der Waals surface area contributed by atoms with Crippen molar-refractivity contribution in [1.82, 2.24) is 5.32 Å². The summed E-state index contributed by atoms with van der Waals surface area (Å²) in [5, 5.41) is 3.04. The van der Waals surface area contributed by atoms with Gasteiger partial charge in [-0.2, -0.15) is 0 Å². The number of carbonyl (C=O) groups excluding carboxylic acids is 1. The first-order valence-electron chi connectivity index (χ1n) is 5.83. The maximum Gasteiger partial charge on any atom is 0.220 e. The SMILES string of the molecule is CCC(CN)CC(=O)NC1CCOCC1. The topological polar surface area (TPSA) is 64.4 Å². The molecule has 1 unspecified atom stereocenters. The average Bonchev–Trinajstić information content (AvgIpc) is 2.27. The van der Waals surface area contributed by atoms with Crippen molar-refractivity contribution in [2.75, 3.05) is 19.8 Å². The minimum atomic E-state index is 0.138. The van der Waals surface area contributed by atoms with Crippen LogP contribution in [-0.2, 0) is 9.53 Å². The number of nitrogens with one attached hydrogen (secondary N) is 1. The molecule has 1 aliphatic rings. The lowest BCUT2D eigenvalue weighted by atomic mass is 10.0. The number of amides is 1. The fourth-order valence-corrected chi connectivity index (χ4v) is 1.79. The van der Waals surface area contributed by atoms with Crippen molar-refractivity contribution in [2.45, 2.75) is 38.6 Å². The summed E-state index contributed by atoms with van der Waals surface area (Å²) in [5.74, 6) is 0.462. The first-order valence-corrected chi connectivity index (χ1v) is 5.83. The van der Waals surface area contributed by atoms with Gasteiger partial charge in [-0.05, 0) is 25.3 Å². The zero-order valence-corrected chi connectivity index (χ0v) is 9.50. The summed E-state index contributed by atoms with van der Waals surface area (Å²) in [5.41, 5.74) is 5.56. The van der Waals surface area contributed by atoms with Gasteiger partial charge in [-0.25, -0.2) is 0 Å². The standard InChI is InChI=1S/C11H22N2O2/c1-2-9(8-12)7-11(14)13-10-3-5-15-6-4-10/h9-10H,2-8,12H2,1H3,(H,13,14). The Balaban J connectivity index is 2.21. The van der Waals surface area contributed by atoms with E-state index in [9.17, 15) is 4.79 Å². The highest BCUT2D eigenvalue weighted by atomic mass is 16.5. The summed E-state index contributed by atoms with van der Waals surface area (Å²) >= 11 is 0. The normalized spacial score (nSPS) is 19.9. The van der Waals surface area contributed by atoms with Crippen LogP contribution < -0.4 is 11.1 Å². The monoisotopic (exact) mass is 214 g/mol. The quantitative estimate of drug-likeness (QED) is 0.706. The van der Waals surface area contributed by atoms with E-state index < -0.39 is 0 Å².